The van der Waals surface area contributed by atoms with Crippen LogP contribution in [0.3, 0.4) is 0 Å². The number of thiophene rings is 1. The van der Waals surface area contributed by atoms with Gasteiger partial charge in [-0.25, -0.2) is 9.97 Å². The number of rotatable bonds is 4. The fourth-order valence-corrected chi connectivity index (χ4v) is 3.33. The number of benzene rings is 2. The first-order chi connectivity index (χ1) is 12.7. The molecule has 0 aliphatic rings. The summed E-state index contributed by atoms with van der Waals surface area (Å²) in [5, 5.41) is 2.01. The molecule has 0 aliphatic heterocycles. The lowest BCUT2D eigenvalue weighted by Gasteiger charge is -2.08. The number of nitrogens with two attached hydrogens (primary N) is 1. The van der Waals surface area contributed by atoms with Gasteiger partial charge in [0.25, 0.3) is 0 Å². The summed E-state index contributed by atoms with van der Waals surface area (Å²) in [6.07, 6.45) is 0. The van der Waals surface area contributed by atoms with E-state index in [-0.39, 0.29) is 0 Å². The van der Waals surface area contributed by atoms with Crippen molar-refractivity contribution in [2.75, 3.05) is 0 Å². The highest BCUT2D eigenvalue weighted by molar-refractivity contribution is 7.13. The Morgan fingerprint density at radius 2 is 1.46 bits per heavy atom. The van der Waals surface area contributed by atoms with Crippen LogP contribution in [0, 0.1) is 0 Å². The van der Waals surface area contributed by atoms with Crippen LogP contribution in [-0.2, 0) is 0 Å². The lowest BCUT2D eigenvalue weighted by molar-refractivity contribution is 0.100. The number of aromatic nitrogens is 2. The van der Waals surface area contributed by atoms with Crippen LogP contribution in [0.5, 0.6) is 0 Å². The molecule has 0 radical (unpaired) electrons. The van der Waals surface area contributed by atoms with Crippen LogP contribution in [0.1, 0.15) is 10.4 Å². The maximum atomic E-state index is 11.3. The quantitative estimate of drug-likeness (QED) is 0.578. The second kappa shape index (κ2) is 6.90. The van der Waals surface area contributed by atoms with Crippen LogP contribution in [0.4, 0.5) is 0 Å². The fourth-order valence-electron chi connectivity index (χ4n) is 2.67. The molecule has 0 unspecified atom stereocenters. The highest BCUT2D eigenvalue weighted by atomic mass is 32.1. The Morgan fingerprint density at radius 1 is 0.808 bits per heavy atom. The summed E-state index contributed by atoms with van der Waals surface area (Å²) in [5.74, 6) is 0.249. The molecule has 2 N–H and O–H groups in total. The molecule has 2 aromatic carbocycles. The maximum Gasteiger partial charge on any atom is 0.248 e. The smallest absolute Gasteiger partial charge is 0.248 e. The van der Waals surface area contributed by atoms with Crippen molar-refractivity contribution < 1.29 is 4.79 Å². The van der Waals surface area contributed by atoms with Gasteiger partial charge in [0.15, 0.2) is 5.82 Å². The van der Waals surface area contributed by atoms with E-state index < -0.39 is 5.91 Å². The second-order valence-electron chi connectivity index (χ2n) is 5.75. The van der Waals surface area contributed by atoms with Gasteiger partial charge in [0, 0.05) is 16.7 Å². The van der Waals surface area contributed by atoms with Crippen LogP contribution in [0.15, 0.2) is 78.2 Å². The van der Waals surface area contributed by atoms with Gasteiger partial charge >= 0.3 is 0 Å². The van der Waals surface area contributed by atoms with Crippen molar-refractivity contribution in [2.45, 2.75) is 0 Å². The number of hydrogen-bond acceptors (Lipinski definition) is 4. The molecule has 0 bridgehead atoms. The minimum absolute atomic E-state index is 0.441. The molecule has 0 atom stereocenters. The van der Waals surface area contributed by atoms with E-state index in [2.05, 4.69) is 0 Å². The summed E-state index contributed by atoms with van der Waals surface area (Å²) < 4.78 is 0. The largest absolute Gasteiger partial charge is 0.366 e. The Bertz CT molecular complexity index is 1040. The molecule has 1 amide bonds. The predicted octanol–water partition coefficient (Wildman–Crippen LogP) is 4.64. The van der Waals surface area contributed by atoms with Crippen molar-refractivity contribution in [2.24, 2.45) is 5.73 Å². The van der Waals surface area contributed by atoms with E-state index in [0.717, 1.165) is 27.4 Å². The Labute approximate surface area is 155 Å². The zero-order valence-corrected chi connectivity index (χ0v) is 14.6. The van der Waals surface area contributed by atoms with E-state index in [9.17, 15) is 4.79 Å². The Kier molecular flexibility index (Phi) is 4.29. The topological polar surface area (TPSA) is 68.9 Å². The number of carbonyl (C=O) groups is 1. The van der Waals surface area contributed by atoms with Gasteiger partial charge in [-0.3, -0.25) is 4.79 Å². The van der Waals surface area contributed by atoms with Crippen LogP contribution in [-0.4, -0.2) is 15.9 Å². The van der Waals surface area contributed by atoms with Gasteiger partial charge in [-0.2, -0.15) is 0 Å². The van der Waals surface area contributed by atoms with Crippen LogP contribution < -0.4 is 5.73 Å². The van der Waals surface area contributed by atoms with Crippen LogP contribution in [0.2, 0.25) is 0 Å². The molecule has 0 aliphatic carbocycles. The zero-order chi connectivity index (χ0) is 17.9. The fraction of sp³-hybridized carbons (Fsp3) is 0. The summed E-state index contributed by atoms with van der Waals surface area (Å²) in [4.78, 5) is 21.8. The number of amides is 1. The van der Waals surface area contributed by atoms with Crippen molar-refractivity contribution in [3.05, 3.63) is 83.7 Å². The summed E-state index contributed by atoms with van der Waals surface area (Å²) in [6.45, 7) is 0. The van der Waals surface area contributed by atoms with Crippen molar-refractivity contribution in [3.8, 4) is 33.2 Å². The molecular formula is C21H15N3OS. The average molecular weight is 357 g/mol. The standard InChI is InChI=1S/C21H15N3OS/c22-20(25)16-10-8-15(9-11-16)18-13-17(14-5-2-1-3-6-14)23-21(24-18)19-7-4-12-26-19/h1-13H,(H2,22,25). The molecule has 4 aromatic rings. The number of hydrogen-bond donors (Lipinski definition) is 1. The van der Waals surface area contributed by atoms with Gasteiger partial charge in [0.1, 0.15) is 0 Å². The molecule has 0 spiro atoms. The molecule has 126 valence electrons. The highest BCUT2D eigenvalue weighted by Gasteiger charge is 2.11. The molecule has 0 saturated heterocycles. The van der Waals surface area contributed by atoms with Gasteiger partial charge in [-0.05, 0) is 29.6 Å². The molecular weight excluding hydrogens is 342 g/mol. The normalized spacial score (nSPS) is 10.6. The minimum atomic E-state index is -0.441. The highest BCUT2D eigenvalue weighted by Crippen LogP contribution is 2.29. The lowest BCUT2D eigenvalue weighted by Crippen LogP contribution is -2.10. The molecule has 5 heteroatoms. The van der Waals surface area contributed by atoms with Crippen molar-refractivity contribution in [1.29, 1.82) is 0 Å². The molecule has 2 heterocycles. The lowest BCUT2D eigenvalue weighted by atomic mass is 10.1. The summed E-state index contributed by atoms with van der Waals surface area (Å²) in [5.41, 5.74) is 9.41. The summed E-state index contributed by atoms with van der Waals surface area (Å²) >= 11 is 1.60. The van der Waals surface area contributed by atoms with E-state index in [1.54, 1.807) is 23.5 Å². The first-order valence-electron chi connectivity index (χ1n) is 8.09. The van der Waals surface area contributed by atoms with Gasteiger partial charge < -0.3 is 5.73 Å². The maximum absolute atomic E-state index is 11.3. The second-order valence-corrected chi connectivity index (χ2v) is 6.69. The Hall–Kier alpha value is -3.31. The molecule has 0 fully saturated rings. The SMILES string of the molecule is NC(=O)c1ccc(-c2cc(-c3ccccc3)nc(-c3cccs3)n2)cc1. The predicted molar refractivity (Wildman–Crippen MR) is 105 cm³/mol. The monoisotopic (exact) mass is 357 g/mol. The first-order valence-corrected chi connectivity index (χ1v) is 8.97. The van der Waals surface area contributed by atoms with Crippen molar-refractivity contribution in [3.63, 3.8) is 0 Å². The van der Waals surface area contributed by atoms with E-state index >= 15 is 0 Å². The van der Waals surface area contributed by atoms with E-state index in [0.29, 0.717) is 11.4 Å². The Balaban J connectivity index is 1.86. The van der Waals surface area contributed by atoms with Gasteiger partial charge in [0.05, 0.1) is 16.3 Å². The molecule has 4 nitrogen and oxygen atoms in total. The van der Waals surface area contributed by atoms with Gasteiger partial charge in [0.2, 0.25) is 5.91 Å². The van der Waals surface area contributed by atoms with Gasteiger partial charge in [-0.1, -0.05) is 48.5 Å². The summed E-state index contributed by atoms with van der Waals surface area (Å²) in [7, 11) is 0. The van der Waals surface area contributed by atoms with E-state index in [1.807, 2.05) is 66.0 Å². The van der Waals surface area contributed by atoms with Crippen molar-refractivity contribution in [1.82, 2.24) is 9.97 Å². The molecule has 4 rings (SSSR count). The first kappa shape index (κ1) is 16.2. The van der Waals surface area contributed by atoms with Crippen molar-refractivity contribution >= 4 is 17.2 Å². The van der Waals surface area contributed by atoms with E-state index in [4.69, 9.17) is 15.7 Å². The number of nitrogens with zero attached hydrogens (tertiary/aromatic N) is 2. The third-order valence-corrected chi connectivity index (χ3v) is 4.87. The zero-order valence-electron chi connectivity index (χ0n) is 13.8. The van der Waals surface area contributed by atoms with Gasteiger partial charge in [-0.15, -0.1) is 11.3 Å². The average Bonchev–Trinajstić information content (AvgIpc) is 3.23. The Morgan fingerprint density at radius 3 is 2.04 bits per heavy atom. The third kappa shape index (κ3) is 3.25. The van der Waals surface area contributed by atoms with Crippen LogP contribution >= 0.6 is 11.3 Å². The third-order valence-electron chi connectivity index (χ3n) is 4.00. The van der Waals surface area contributed by atoms with Crippen LogP contribution in [0.25, 0.3) is 33.2 Å². The number of primary amides is 1. The molecule has 2 aromatic heterocycles. The summed E-state index contributed by atoms with van der Waals surface area (Å²) in [6, 6.07) is 23.1. The minimum Gasteiger partial charge on any atom is -0.366 e. The molecule has 0 saturated carbocycles. The number of carbonyl (C=O) groups excluding carboxylic acids is 1. The molecule has 26 heavy (non-hydrogen) atoms. The van der Waals surface area contributed by atoms with E-state index in [1.165, 1.54) is 0 Å².